The summed E-state index contributed by atoms with van der Waals surface area (Å²) < 4.78 is 11.8. The number of hydrogen-bond acceptors (Lipinski definition) is 3. The van der Waals surface area contributed by atoms with Crippen molar-refractivity contribution >= 4 is 17.5 Å². The molecule has 128 valence electrons. The van der Waals surface area contributed by atoms with E-state index in [0.29, 0.717) is 46.7 Å². The zero-order valence-corrected chi connectivity index (χ0v) is 14.5. The van der Waals surface area contributed by atoms with Crippen LogP contribution in [0.15, 0.2) is 60.7 Å². The lowest BCUT2D eigenvalue weighted by Gasteiger charge is -2.22. The second kappa shape index (κ2) is 5.78. The Bertz CT molecular complexity index is 1050. The number of carbonyl (C=O) groups is 1. The second-order valence-corrected chi connectivity index (χ2v) is 6.77. The van der Waals surface area contributed by atoms with Gasteiger partial charge in [-0.15, -0.1) is 0 Å². The lowest BCUT2D eigenvalue weighted by Crippen LogP contribution is -2.23. The van der Waals surface area contributed by atoms with Gasteiger partial charge in [0.1, 0.15) is 0 Å². The van der Waals surface area contributed by atoms with Crippen LogP contribution < -0.4 is 9.47 Å². The van der Waals surface area contributed by atoms with E-state index in [-0.39, 0.29) is 5.91 Å². The Labute approximate surface area is 155 Å². The molecule has 0 unspecified atom stereocenters. The highest BCUT2D eigenvalue weighted by Gasteiger charge is 2.29. The molecular weight excluding hydrogens is 350 g/mol. The van der Waals surface area contributed by atoms with E-state index in [4.69, 9.17) is 21.1 Å². The molecular formula is C21H14ClNO3. The zero-order valence-electron chi connectivity index (χ0n) is 13.7. The molecule has 0 spiro atoms. The molecule has 4 nitrogen and oxygen atoms in total. The summed E-state index contributed by atoms with van der Waals surface area (Å²) in [6, 6.07) is 18.9. The fourth-order valence-corrected chi connectivity index (χ4v) is 3.67. The predicted octanol–water partition coefficient (Wildman–Crippen LogP) is 5.39. The Kier molecular flexibility index (Phi) is 3.40. The first-order chi connectivity index (χ1) is 12.7. The molecule has 0 atom stereocenters. The van der Waals surface area contributed by atoms with Crippen molar-refractivity contribution in [3.8, 4) is 23.0 Å². The number of benzene rings is 3. The van der Waals surface area contributed by atoms with Crippen molar-refractivity contribution in [1.82, 2.24) is 4.90 Å². The Balaban J connectivity index is 1.40. The van der Waals surface area contributed by atoms with Gasteiger partial charge in [0.05, 0.1) is 10.6 Å². The van der Waals surface area contributed by atoms with Gasteiger partial charge < -0.3 is 14.4 Å². The number of amides is 1. The van der Waals surface area contributed by atoms with Gasteiger partial charge in [-0.1, -0.05) is 41.9 Å². The highest BCUT2D eigenvalue weighted by Crippen LogP contribution is 2.45. The van der Waals surface area contributed by atoms with Crippen molar-refractivity contribution in [3.63, 3.8) is 0 Å². The molecule has 5 rings (SSSR count). The minimum Gasteiger partial charge on any atom is -0.450 e. The molecule has 0 N–H and O–H groups in total. The topological polar surface area (TPSA) is 38.8 Å². The number of fused-ring (bicyclic) bond motifs is 3. The highest BCUT2D eigenvalue weighted by molar-refractivity contribution is 6.34. The first kappa shape index (κ1) is 15.3. The van der Waals surface area contributed by atoms with Gasteiger partial charge >= 0.3 is 0 Å². The summed E-state index contributed by atoms with van der Waals surface area (Å²) in [7, 11) is 0. The van der Waals surface area contributed by atoms with Gasteiger partial charge in [-0.2, -0.15) is 0 Å². The van der Waals surface area contributed by atoms with Crippen LogP contribution in [0.1, 0.15) is 21.5 Å². The van der Waals surface area contributed by atoms with Crippen LogP contribution in [0.2, 0.25) is 5.02 Å². The summed E-state index contributed by atoms with van der Waals surface area (Å²) in [4.78, 5) is 14.4. The highest BCUT2D eigenvalue weighted by atomic mass is 35.5. The molecule has 0 saturated carbocycles. The third kappa shape index (κ3) is 2.42. The number of nitrogens with zero attached hydrogens (tertiary/aromatic N) is 1. The first-order valence-corrected chi connectivity index (χ1v) is 8.71. The van der Waals surface area contributed by atoms with E-state index in [1.807, 2.05) is 54.6 Å². The summed E-state index contributed by atoms with van der Waals surface area (Å²) in [6.07, 6.45) is 0. The Morgan fingerprint density at radius 1 is 0.885 bits per heavy atom. The van der Waals surface area contributed by atoms with Crippen LogP contribution in [0.5, 0.6) is 23.0 Å². The van der Waals surface area contributed by atoms with Gasteiger partial charge in [0.15, 0.2) is 23.0 Å². The smallest absolute Gasteiger partial charge is 0.256 e. The monoisotopic (exact) mass is 363 g/mol. The quantitative estimate of drug-likeness (QED) is 0.479. The maximum absolute atomic E-state index is 12.7. The number of hydrogen-bond donors (Lipinski definition) is 0. The lowest BCUT2D eigenvalue weighted by molar-refractivity contribution is 0.0766. The van der Waals surface area contributed by atoms with Gasteiger partial charge in [0, 0.05) is 13.1 Å². The van der Waals surface area contributed by atoms with E-state index in [1.165, 1.54) is 0 Å². The van der Waals surface area contributed by atoms with Crippen molar-refractivity contribution in [2.24, 2.45) is 0 Å². The molecule has 0 radical (unpaired) electrons. The summed E-state index contributed by atoms with van der Waals surface area (Å²) in [6.45, 7) is 1.05. The summed E-state index contributed by atoms with van der Waals surface area (Å²) in [5, 5.41) is 0.508. The largest absolute Gasteiger partial charge is 0.450 e. The lowest BCUT2D eigenvalue weighted by atomic mass is 10.1. The fraction of sp³-hybridized carbons (Fsp3) is 0.0952. The van der Waals surface area contributed by atoms with E-state index in [9.17, 15) is 4.79 Å². The predicted molar refractivity (Wildman–Crippen MR) is 98.1 cm³/mol. The van der Waals surface area contributed by atoms with Gasteiger partial charge in [-0.3, -0.25) is 4.79 Å². The molecule has 1 amide bonds. The van der Waals surface area contributed by atoms with Crippen LogP contribution in [-0.2, 0) is 13.1 Å². The van der Waals surface area contributed by atoms with E-state index in [2.05, 4.69) is 0 Å². The van der Waals surface area contributed by atoms with Crippen LogP contribution in [0, 0.1) is 0 Å². The molecule has 5 heteroatoms. The van der Waals surface area contributed by atoms with E-state index < -0.39 is 0 Å². The molecule has 0 aromatic heterocycles. The van der Waals surface area contributed by atoms with Crippen LogP contribution in [0.3, 0.4) is 0 Å². The normalized spacial score (nSPS) is 14.2. The summed E-state index contributed by atoms with van der Waals surface area (Å²) >= 11 is 6.19. The van der Waals surface area contributed by atoms with Gasteiger partial charge in [0.25, 0.3) is 5.91 Å². The third-order valence-electron chi connectivity index (χ3n) is 4.63. The molecule has 2 aliphatic heterocycles. The number of halogens is 1. The molecule has 2 heterocycles. The molecule has 26 heavy (non-hydrogen) atoms. The van der Waals surface area contributed by atoms with E-state index in [1.54, 1.807) is 11.0 Å². The van der Waals surface area contributed by atoms with Crippen molar-refractivity contribution in [2.45, 2.75) is 13.1 Å². The SMILES string of the molecule is O=C1c2c(Cl)cccc2CN1Cc1ccc2c(c1)Oc1ccccc1O2. The second-order valence-electron chi connectivity index (χ2n) is 6.37. The number of ether oxygens (including phenoxy) is 2. The maximum Gasteiger partial charge on any atom is 0.256 e. The van der Waals surface area contributed by atoms with Crippen LogP contribution in [0.4, 0.5) is 0 Å². The average Bonchev–Trinajstić information content (AvgIpc) is 2.97. The molecule has 0 saturated heterocycles. The van der Waals surface area contributed by atoms with Crippen LogP contribution >= 0.6 is 11.6 Å². The molecule has 0 fully saturated rings. The minimum absolute atomic E-state index is 0.0363. The minimum atomic E-state index is -0.0363. The molecule has 2 aliphatic rings. The van der Waals surface area contributed by atoms with Gasteiger partial charge in [0.2, 0.25) is 0 Å². The number of carbonyl (C=O) groups excluding carboxylic acids is 1. The van der Waals surface area contributed by atoms with Crippen molar-refractivity contribution < 1.29 is 14.3 Å². The fourth-order valence-electron chi connectivity index (χ4n) is 3.39. The van der Waals surface area contributed by atoms with Gasteiger partial charge in [-0.25, -0.2) is 0 Å². The van der Waals surface area contributed by atoms with E-state index in [0.717, 1.165) is 11.1 Å². The number of para-hydroxylation sites is 2. The summed E-state index contributed by atoms with van der Waals surface area (Å²) in [5.74, 6) is 2.68. The third-order valence-corrected chi connectivity index (χ3v) is 4.95. The van der Waals surface area contributed by atoms with Crippen molar-refractivity contribution in [2.75, 3.05) is 0 Å². The first-order valence-electron chi connectivity index (χ1n) is 8.33. The van der Waals surface area contributed by atoms with Gasteiger partial charge in [-0.05, 0) is 41.5 Å². The van der Waals surface area contributed by atoms with Crippen LogP contribution in [-0.4, -0.2) is 10.8 Å². The standard InChI is InChI=1S/C21H14ClNO3/c22-15-5-3-4-14-12-23(21(24)20(14)15)11-13-8-9-18-19(10-13)26-17-7-2-1-6-16(17)25-18/h1-10H,11-12H2. The number of rotatable bonds is 2. The van der Waals surface area contributed by atoms with Crippen LogP contribution in [0.25, 0.3) is 0 Å². The Hall–Kier alpha value is -2.98. The molecule has 0 aliphatic carbocycles. The Morgan fingerprint density at radius 2 is 1.62 bits per heavy atom. The van der Waals surface area contributed by atoms with Crippen molar-refractivity contribution in [1.29, 1.82) is 0 Å². The Morgan fingerprint density at radius 3 is 2.38 bits per heavy atom. The zero-order chi connectivity index (χ0) is 17.7. The molecule has 3 aromatic rings. The maximum atomic E-state index is 12.7. The molecule has 3 aromatic carbocycles. The average molecular weight is 364 g/mol. The van der Waals surface area contributed by atoms with E-state index >= 15 is 0 Å². The summed E-state index contributed by atoms with van der Waals surface area (Å²) in [5.41, 5.74) is 2.55. The molecule has 0 bridgehead atoms. The van der Waals surface area contributed by atoms with Crippen molar-refractivity contribution in [3.05, 3.63) is 82.4 Å².